The average Bonchev–Trinajstić information content (AvgIpc) is 2.94. The molecule has 0 radical (unpaired) electrons. The molecule has 0 aromatic carbocycles. The van der Waals surface area contributed by atoms with Crippen molar-refractivity contribution in [3.05, 3.63) is 20.8 Å². The monoisotopic (exact) mass is 404 g/mol. The van der Waals surface area contributed by atoms with E-state index in [0.29, 0.717) is 6.54 Å². The molecule has 2 heterocycles. The van der Waals surface area contributed by atoms with Crippen molar-refractivity contribution in [3.63, 3.8) is 0 Å². The molecule has 2 amide bonds. The molecule has 6 nitrogen and oxygen atoms in total. The molecular weight excluding hydrogens is 380 g/mol. The summed E-state index contributed by atoms with van der Waals surface area (Å²) in [6.45, 7) is 5.84. The number of carbonyl (C=O) groups excluding carboxylic acids is 2. The lowest BCUT2D eigenvalue weighted by Crippen LogP contribution is -3.28. The minimum absolute atomic E-state index is 0.0363. The van der Waals surface area contributed by atoms with Crippen LogP contribution in [-0.4, -0.2) is 70.1 Å². The van der Waals surface area contributed by atoms with Gasteiger partial charge in [0.15, 0.2) is 6.54 Å². The van der Waals surface area contributed by atoms with Crippen LogP contribution in [0.15, 0.2) is 15.9 Å². The largest absolute Gasteiger partial charge is 0.358 e. The Morgan fingerprint density at radius 2 is 1.91 bits per heavy atom. The molecule has 0 atom stereocenters. The van der Waals surface area contributed by atoms with E-state index in [9.17, 15) is 9.59 Å². The van der Waals surface area contributed by atoms with E-state index in [0.717, 1.165) is 32.7 Å². The maximum atomic E-state index is 12.2. The van der Waals surface area contributed by atoms with Crippen molar-refractivity contribution < 1.29 is 19.4 Å². The van der Waals surface area contributed by atoms with E-state index in [1.807, 2.05) is 0 Å². The normalized spacial score (nSPS) is 21.0. The number of amides is 2. The first-order chi connectivity index (χ1) is 11.0. The SMILES string of the molecule is CNC(=O)CN(C)C(=O)C[NH+]1CC[NH+](Cc2ccc(Br)s2)CC1. The van der Waals surface area contributed by atoms with E-state index >= 15 is 0 Å². The summed E-state index contributed by atoms with van der Waals surface area (Å²) in [5, 5.41) is 2.54. The Hall–Kier alpha value is -0.960. The molecule has 3 N–H and O–H groups in total. The molecule has 0 spiro atoms. The predicted molar refractivity (Wildman–Crippen MR) is 93.7 cm³/mol. The highest BCUT2D eigenvalue weighted by atomic mass is 79.9. The zero-order valence-corrected chi connectivity index (χ0v) is 16.1. The van der Waals surface area contributed by atoms with Gasteiger partial charge >= 0.3 is 0 Å². The number of hydrogen-bond acceptors (Lipinski definition) is 3. The van der Waals surface area contributed by atoms with Crippen LogP contribution in [0.4, 0.5) is 0 Å². The molecule has 0 saturated carbocycles. The van der Waals surface area contributed by atoms with Crippen molar-refractivity contribution in [1.29, 1.82) is 0 Å². The Bertz CT molecular complexity index is 543. The quantitative estimate of drug-likeness (QED) is 0.513. The van der Waals surface area contributed by atoms with Crippen LogP contribution in [0.25, 0.3) is 0 Å². The fraction of sp³-hybridized carbons (Fsp3) is 0.600. The lowest BCUT2D eigenvalue weighted by molar-refractivity contribution is -1.02. The van der Waals surface area contributed by atoms with Crippen molar-refractivity contribution in [3.8, 4) is 0 Å². The lowest BCUT2D eigenvalue weighted by Gasteiger charge is -2.30. The van der Waals surface area contributed by atoms with Gasteiger partial charge in [0.2, 0.25) is 5.91 Å². The number of rotatable bonds is 6. The summed E-state index contributed by atoms with van der Waals surface area (Å²) in [6, 6.07) is 4.28. The van der Waals surface area contributed by atoms with Gasteiger partial charge in [-0.3, -0.25) is 9.59 Å². The maximum Gasteiger partial charge on any atom is 0.277 e. The molecule has 0 bridgehead atoms. The van der Waals surface area contributed by atoms with Gasteiger partial charge in [0.1, 0.15) is 32.7 Å². The molecule has 1 saturated heterocycles. The molecule has 128 valence electrons. The number of halogens is 1. The van der Waals surface area contributed by atoms with Crippen molar-refractivity contribution in [2.75, 3.05) is 53.4 Å². The van der Waals surface area contributed by atoms with Gasteiger partial charge in [-0.1, -0.05) is 0 Å². The van der Waals surface area contributed by atoms with Gasteiger partial charge in [0.25, 0.3) is 5.91 Å². The fourth-order valence-electron chi connectivity index (χ4n) is 2.74. The van der Waals surface area contributed by atoms with Gasteiger partial charge in [0.05, 0.1) is 15.2 Å². The first kappa shape index (κ1) is 18.4. The molecule has 1 aromatic heterocycles. The van der Waals surface area contributed by atoms with Gasteiger partial charge < -0.3 is 20.0 Å². The highest BCUT2D eigenvalue weighted by Crippen LogP contribution is 2.21. The number of piperazine rings is 1. The number of quaternary nitrogens is 2. The summed E-state index contributed by atoms with van der Waals surface area (Å²) in [6.07, 6.45) is 0. The Balaban J connectivity index is 1.71. The summed E-state index contributed by atoms with van der Waals surface area (Å²) in [4.78, 5) is 29.3. The van der Waals surface area contributed by atoms with E-state index in [1.54, 1.807) is 30.3 Å². The second-order valence-corrected chi connectivity index (χ2v) is 8.53. The van der Waals surface area contributed by atoms with Gasteiger partial charge in [-0.25, -0.2) is 0 Å². The fourth-order valence-corrected chi connectivity index (χ4v) is 4.29. The summed E-state index contributed by atoms with van der Waals surface area (Å²) < 4.78 is 1.18. The van der Waals surface area contributed by atoms with Crippen LogP contribution < -0.4 is 15.1 Å². The number of carbonyl (C=O) groups is 2. The van der Waals surface area contributed by atoms with Crippen LogP contribution in [0.2, 0.25) is 0 Å². The van der Waals surface area contributed by atoms with Gasteiger partial charge in [-0.05, 0) is 28.1 Å². The summed E-state index contributed by atoms with van der Waals surface area (Å²) in [5.41, 5.74) is 0. The molecule has 23 heavy (non-hydrogen) atoms. The predicted octanol–water partition coefficient (Wildman–Crippen LogP) is -2.00. The molecule has 0 aliphatic carbocycles. The maximum absolute atomic E-state index is 12.2. The highest BCUT2D eigenvalue weighted by molar-refractivity contribution is 9.11. The molecule has 8 heteroatoms. The Morgan fingerprint density at radius 1 is 1.26 bits per heavy atom. The Labute approximate surface area is 149 Å². The third kappa shape index (κ3) is 5.87. The molecule has 1 aliphatic rings. The lowest BCUT2D eigenvalue weighted by atomic mass is 10.3. The van der Waals surface area contributed by atoms with Crippen molar-refractivity contribution in [2.24, 2.45) is 0 Å². The van der Waals surface area contributed by atoms with E-state index in [1.165, 1.54) is 18.5 Å². The summed E-state index contributed by atoms with van der Waals surface area (Å²) in [7, 11) is 3.27. The molecule has 0 unspecified atom stereocenters. The second-order valence-electron chi connectivity index (χ2n) is 5.98. The minimum Gasteiger partial charge on any atom is -0.358 e. The summed E-state index contributed by atoms with van der Waals surface area (Å²) >= 11 is 5.30. The minimum atomic E-state index is -0.132. The highest BCUT2D eigenvalue weighted by Gasteiger charge is 2.26. The van der Waals surface area contributed by atoms with Crippen LogP contribution in [-0.2, 0) is 16.1 Å². The molecule has 1 aromatic rings. The smallest absolute Gasteiger partial charge is 0.277 e. The van der Waals surface area contributed by atoms with Crippen LogP contribution in [0.5, 0.6) is 0 Å². The second kappa shape index (κ2) is 8.77. The molecular formula is C15H25BrN4O2S+2. The zero-order valence-electron chi connectivity index (χ0n) is 13.7. The third-order valence-corrected chi connectivity index (χ3v) is 5.83. The van der Waals surface area contributed by atoms with E-state index < -0.39 is 0 Å². The number of nitrogens with one attached hydrogen (secondary N) is 3. The van der Waals surface area contributed by atoms with Crippen LogP contribution >= 0.6 is 27.3 Å². The standard InChI is InChI=1S/C15H23BrN4O2S/c1-17-14(21)10-18(2)15(22)11-20-7-5-19(6-8-20)9-12-3-4-13(16)23-12/h3-4H,5-11H2,1-2H3,(H,17,21)/p+2. The first-order valence-electron chi connectivity index (χ1n) is 7.84. The van der Waals surface area contributed by atoms with Crippen molar-refractivity contribution in [1.82, 2.24) is 10.2 Å². The zero-order chi connectivity index (χ0) is 16.8. The van der Waals surface area contributed by atoms with Gasteiger partial charge in [-0.2, -0.15) is 0 Å². The van der Waals surface area contributed by atoms with Gasteiger partial charge in [0, 0.05) is 14.1 Å². The van der Waals surface area contributed by atoms with Crippen LogP contribution in [0, 0.1) is 0 Å². The number of nitrogens with zero attached hydrogens (tertiary/aromatic N) is 1. The molecule has 2 rings (SSSR count). The topological polar surface area (TPSA) is 58.3 Å². The average molecular weight is 405 g/mol. The molecule has 1 fully saturated rings. The van der Waals surface area contributed by atoms with Crippen molar-refractivity contribution >= 4 is 39.1 Å². The van der Waals surface area contributed by atoms with Crippen molar-refractivity contribution in [2.45, 2.75) is 6.54 Å². The first-order valence-corrected chi connectivity index (χ1v) is 9.44. The number of thiophene rings is 1. The van der Waals surface area contributed by atoms with E-state index in [2.05, 4.69) is 33.4 Å². The van der Waals surface area contributed by atoms with Crippen LogP contribution in [0.3, 0.4) is 0 Å². The number of hydrogen-bond donors (Lipinski definition) is 3. The number of likely N-dealkylation sites (N-methyl/N-ethyl adjacent to an activating group) is 2. The van der Waals surface area contributed by atoms with Gasteiger partial charge in [-0.15, -0.1) is 11.3 Å². The Kier molecular flexibility index (Phi) is 7.01. The van der Waals surface area contributed by atoms with E-state index in [4.69, 9.17) is 0 Å². The van der Waals surface area contributed by atoms with E-state index in [-0.39, 0.29) is 18.4 Å². The Morgan fingerprint density at radius 3 is 2.48 bits per heavy atom. The molecule has 1 aliphatic heterocycles. The third-order valence-electron chi connectivity index (χ3n) is 4.20. The van der Waals surface area contributed by atoms with Crippen LogP contribution in [0.1, 0.15) is 4.88 Å². The summed E-state index contributed by atoms with van der Waals surface area (Å²) in [5.74, 6) is -0.0959.